The molecule has 0 atom stereocenters. The number of primary amides is 1. The topological polar surface area (TPSA) is 72.2 Å². The van der Waals surface area contributed by atoms with Crippen molar-refractivity contribution in [3.05, 3.63) is 63.4 Å². The van der Waals surface area contributed by atoms with Gasteiger partial charge in [-0.2, -0.15) is 0 Å². The van der Waals surface area contributed by atoms with Gasteiger partial charge in [0.25, 0.3) is 5.91 Å². The fourth-order valence-corrected chi connectivity index (χ4v) is 1.97. The van der Waals surface area contributed by atoms with Crippen LogP contribution in [0.3, 0.4) is 0 Å². The fraction of sp³-hybridized carbons (Fsp3) is 0. The molecule has 0 unspecified atom stereocenters. The quantitative estimate of drug-likeness (QED) is 0.906. The largest absolute Gasteiger partial charge is 0.366 e. The van der Waals surface area contributed by atoms with Crippen LogP contribution in [-0.2, 0) is 0 Å². The molecule has 0 bridgehead atoms. The normalized spacial score (nSPS) is 10.2. The Morgan fingerprint density at radius 2 is 1.81 bits per heavy atom. The second-order valence-electron chi connectivity index (χ2n) is 4.14. The molecule has 0 aromatic heterocycles. The van der Waals surface area contributed by atoms with E-state index in [1.54, 1.807) is 0 Å². The Hall–Kier alpha value is -2.11. The Bertz CT molecular complexity index is 735. The van der Waals surface area contributed by atoms with E-state index in [2.05, 4.69) is 5.32 Å². The van der Waals surface area contributed by atoms with Crippen molar-refractivity contribution in [1.82, 2.24) is 0 Å². The summed E-state index contributed by atoms with van der Waals surface area (Å²) in [4.78, 5) is 23.1. The second kappa shape index (κ2) is 6.11. The van der Waals surface area contributed by atoms with Gasteiger partial charge in [0.15, 0.2) is 0 Å². The lowest BCUT2D eigenvalue weighted by Gasteiger charge is -2.09. The molecule has 0 radical (unpaired) electrons. The first-order chi connectivity index (χ1) is 9.88. The van der Waals surface area contributed by atoms with Crippen LogP contribution >= 0.6 is 23.2 Å². The number of halogens is 3. The van der Waals surface area contributed by atoms with Crippen LogP contribution in [0.4, 0.5) is 10.1 Å². The van der Waals surface area contributed by atoms with Gasteiger partial charge in [-0.3, -0.25) is 9.59 Å². The first kappa shape index (κ1) is 15.3. The summed E-state index contributed by atoms with van der Waals surface area (Å²) in [5, 5.41) is 2.82. The van der Waals surface area contributed by atoms with Crippen LogP contribution in [0.1, 0.15) is 20.7 Å². The summed E-state index contributed by atoms with van der Waals surface area (Å²) in [5.41, 5.74) is 5.23. The first-order valence-corrected chi connectivity index (χ1v) is 6.50. The van der Waals surface area contributed by atoms with Gasteiger partial charge in [-0.15, -0.1) is 0 Å². The monoisotopic (exact) mass is 326 g/mol. The van der Waals surface area contributed by atoms with Crippen LogP contribution < -0.4 is 11.1 Å². The standard InChI is InChI=1S/C14H9Cl2FN2O2/c15-8-2-4-11(17)9(6-8)14(21)19-12-5-7(13(18)20)1-3-10(12)16/h1-6H,(H2,18,20)(H,19,21). The van der Waals surface area contributed by atoms with Crippen molar-refractivity contribution in [1.29, 1.82) is 0 Å². The smallest absolute Gasteiger partial charge is 0.258 e. The first-order valence-electron chi connectivity index (χ1n) is 5.74. The maximum atomic E-state index is 13.6. The van der Waals surface area contributed by atoms with Crippen molar-refractivity contribution >= 4 is 40.7 Å². The number of hydrogen-bond acceptors (Lipinski definition) is 2. The maximum Gasteiger partial charge on any atom is 0.258 e. The van der Waals surface area contributed by atoms with E-state index in [1.807, 2.05) is 0 Å². The minimum absolute atomic E-state index is 0.150. The van der Waals surface area contributed by atoms with E-state index in [-0.39, 0.29) is 26.9 Å². The van der Waals surface area contributed by atoms with Gasteiger partial charge < -0.3 is 11.1 Å². The van der Waals surface area contributed by atoms with E-state index in [0.29, 0.717) is 0 Å². The lowest BCUT2D eigenvalue weighted by atomic mass is 10.1. The van der Waals surface area contributed by atoms with Gasteiger partial charge in [0, 0.05) is 10.6 Å². The zero-order chi connectivity index (χ0) is 15.6. The van der Waals surface area contributed by atoms with E-state index >= 15 is 0 Å². The van der Waals surface area contributed by atoms with Crippen molar-refractivity contribution in [3.63, 3.8) is 0 Å². The molecule has 0 saturated carbocycles. The van der Waals surface area contributed by atoms with Crippen LogP contribution in [0, 0.1) is 5.82 Å². The Kier molecular flexibility index (Phi) is 4.45. The molecule has 108 valence electrons. The lowest BCUT2D eigenvalue weighted by molar-refractivity contribution is 0.0995. The van der Waals surface area contributed by atoms with Crippen LogP contribution in [0.5, 0.6) is 0 Å². The minimum Gasteiger partial charge on any atom is -0.366 e. The highest BCUT2D eigenvalue weighted by molar-refractivity contribution is 6.34. The highest BCUT2D eigenvalue weighted by Crippen LogP contribution is 2.24. The number of hydrogen-bond donors (Lipinski definition) is 2. The number of carbonyl (C=O) groups excluding carboxylic acids is 2. The number of rotatable bonds is 3. The molecule has 3 N–H and O–H groups in total. The third-order valence-electron chi connectivity index (χ3n) is 2.67. The summed E-state index contributed by atoms with van der Waals surface area (Å²) in [6.07, 6.45) is 0. The molecular weight excluding hydrogens is 318 g/mol. The molecule has 0 aliphatic rings. The van der Waals surface area contributed by atoms with E-state index in [0.717, 1.165) is 6.07 Å². The highest BCUT2D eigenvalue weighted by Gasteiger charge is 2.15. The van der Waals surface area contributed by atoms with Gasteiger partial charge in [-0.1, -0.05) is 23.2 Å². The number of nitrogens with one attached hydrogen (secondary N) is 1. The van der Waals surface area contributed by atoms with E-state index < -0.39 is 17.6 Å². The molecular formula is C14H9Cl2FN2O2. The molecule has 0 spiro atoms. The second-order valence-corrected chi connectivity index (χ2v) is 4.98. The van der Waals surface area contributed by atoms with Gasteiger partial charge in [0.1, 0.15) is 5.82 Å². The molecule has 0 heterocycles. The van der Waals surface area contributed by atoms with E-state index in [9.17, 15) is 14.0 Å². The molecule has 0 fully saturated rings. The zero-order valence-corrected chi connectivity index (χ0v) is 12.0. The van der Waals surface area contributed by atoms with Gasteiger partial charge in [-0.25, -0.2) is 4.39 Å². The van der Waals surface area contributed by atoms with Crippen molar-refractivity contribution in [2.24, 2.45) is 5.73 Å². The number of amides is 2. The summed E-state index contributed by atoms with van der Waals surface area (Å²) in [5.74, 6) is -2.13. The molecule has 7 heteroatoms. The third kappa shape index (κ3) is 3.51. The predicted molar refractivity (Wildman–Crippen MR) is 79.3 cm³/mol. The molecule has 2 aromatic carbocycles. The van der Waals surface area contributed by atoms with Crippen molar-refractivity contribution < 1.29 is 14.0 Å². The minimum atomic E-state index is -0.737. The summed E-state index contributed by atoms with van der Waals surface area (Å²) < 4.78 is 13.6. The van der Waals surface area contributed by atoms with Gasteiger partial charge >= 0.3 is 0 Å². The molecule has 0 saturated heterocycles. The highest BCUT2D eigenvalue weighted by atomic mass is 35.5. The number of carbonyl (C=O) groups is 2. The van der Waals surface area contributed by atoms with Crippen LogP contribution in [0.15, 0.2) is 36.4 Å². The average Bonchev–Trinajstić information content (AvgIpc) is 2.43. The Labute approximate surface area is 129 Å². The predicted octanol–water partition coefficient (Wildman–Crippen LogP) is 3.48. The molecule has 2 rings (SSSR count). The van der Waals surface area contributed by atoms with Gasteiger partial charge in [0.05, 0.1) is 16.3 Å². The average molecular weight is 327 g/mol. The molecule has 0 aliphatic heterocycles. The third-order valence-corrected chi connectivity index (χ3v) is 3.24. The number of nitrogens with two attached hydrogens (primary N) is 1. The molecule has 0 aliphatic carbocycles. The Morgan fingerprint density at radius 3 is 2.48 bits per heavy atom. The number of anilines is 1. The summed E-state index contributed by atoms with van der Waals surface area (Å²) in [7, 11) is 0. The molecule has 2 amide bonds. The maximum absolute atomic E-state index is 13.6. The van der Waals surface area contributed by atoms with Crippen molar-refractivity contribution in [2.75, 3.05) is 5.32 Å². The summed E-state index contributed by atoms with van der Waals surface area (Å²) in [6, 6.07) is 7.74. The van der Waals surface area contributed by atoms with Crippen molar-refractivity contribution in [2.45, 2.75) is 0 Å². The van der Waals surface area contributed by atoms with Gasteiger partial charge in [-0.05, 0) is 36.4 Å². The van der Waals surface area contributed by atoms with Crippen LogP contribution in [-0.4, -0.2) is 11.8 Å². The van der Waals surface area contributed by atoms with Crippen LogP contribution in [0.25, 0.3) is 0 Å². The SMILES string of the molecule is NC(=O)c1ccc(Cl)c(NC(=O)c2cc(Cl)ccc2F)c1. The summed E-state index contributed by atoms with van der Waals surface area (Å²) in [6.45, 7) is 0. The van der Waals surface area contributed by atoms with Gasteiger partial charge in [0.2, 0.25) is 5.91 Å². The van der Waals surface area contributed by atoms with E-state index in [1.165, 1.54) is 30.3 Å². The number of benzene rings is 2. The fourth-order valence-electron chi connectivity index (χ4n) is 1.64. The van der Waals surface area contributed by atoms with E-state index in [4.69, 9.17) is 28.9 Å². The Morgan fingerprint density at radius 1 is 1.10 bits per heavy atom. The molecule has 4 nitrogen and oxygen atoms in total. The molecule has 2 aromatic rings. The summed E-state index contributed by atoms with van der Waals surface area (Å²) >= 11 is 11.6. The Balaban J connectivity index is 2.33. The zero-order valence-electron chi connectivity index (χ0n) is 10.5. The van der Waals surface area contributed by atoms with Crippen molar-refractivity contribution in [3.8, 4) is 0 Å². The lowest BCUT2D eigenvalue weighted by Crippen LogP contribution is -2.16. The molecule has 21 heavy (non-hydrogen) atoms. The van der Waals surface area contributed by atoms with Crippen LogP contribution in [0.2, 0.25) is 10.0 Å².